The molecule has 4 heteroatoms. The molecule has 1 heterocycles. The van der Waals surface area contributed by atoms with E-state index in [0.29, 0.717) is 5.95 Å². The quantitative estimate of drug-likeness (QED) is 0.688. The second-order valence-electron chi connectivity index (χ2n) is 4.29. The number of anilines is 2. The van der Waals surface area contributed by atoms with Gasteiger partial charge in [0.15, 0.2) is 0 Å². The van der Waals surface area contributed by atoms with Gasteiger partial charge in [-0.25, -0.2) is 9.97 Å². The van der Waals surface area contributed by atoms with E-state index in [-0.39, 0.29) is 0 Å². The van der Waals surface area contributed by atoms with Crippen LogP contribution in [0.25, 0.3) is 11.1 Å². The maximum Gasteiger partial charge on any atom is 0.227 e. The maximum atomic E-state index is 4.22. The van der Waals surface area contributed by atoms with E-state index in [1.54, 1.807) is 12.4 Å². The summed E-state index contributed by atoms with van der Waals surface area (Å²) in [5, 5.41) is 3.18. The van der Waals surface area contributed by atoms with Crippen LogP contribution in [0, 0.1) is 3.57 Å². The lowest BCUT2D eigenvalue weighted by atomic mass is 10.1. The smallest absolute Gasteiger partial charge is 0.227 e. The van der Waals surface area contributed by atoms with E-state index in [1.807, 2.05) is 30.3 Å². The number of nitrogens with one attached hydrogen (secondary N) is 1. The van der Waals surface area contributed by atoms with E-state index >= 15 is 0 Å². The number of benzene rings is 2. The maximum absolute atomic E-state index is 4.22. The van der Waals surface area contributed by atoms with E-state index in [4.69, 9.17) is 0 Å². The van der Waals surface area contributed by atoms with Crippen LogP contribution in [-0.2, 0) is 0 Å². The third-order valence-corrected chi connectivity index (χ3v) is 3.43. The lowest BCUT2D eigenvalue weighted by Crippen LogP contribution is -1.96. The summed E-state index contributed by atoms with van der Waals surface area (Å²) in [5.74, 6) is 0.609. The number of halogens is 1. The fraction of sp³-hybridized carbons (Fsp3) is 0. The van der Waals surface area contributed by atoms with Crippen molar-refractivity contribution in [1.82, 2.24) is 9.97 Å². The van der Waals surface area contributed by atoms with Crippen LogP contribution in [0.1, 0.15) is 0 Å². The predicted molar refractivity (Wildman–Crippen MR) is 89.9 cm³/mol. The first-order valence-corrected chi connectivity index (χ1v) is 7.29. The molecule has 98 valence electrons. The van der Waals surface area contributed by atoms with Gasteiger partial charge >= 0.3 is 0 Å². The van der Waals surface area contributed by atoms with Gasteiger partial charge < -0.3 is 5.32 Å². The first kappa shape index (κ1) is 13.1. The Morgan fingerprint density at radius 2 is 1.35 bits per heavy atom. The lowest BCUT2D eigenvalue weighted by Gasteiger charge is -2.06. The van der Waals surface area contributed by atoms with Crippen molar-refractivity contribution in [3.63, 3.8) is 0 Å². The summed E-state index contributed by atoms with van der Waals surface area (Å²) in [5.41, 5.74) is 3.38. The number of rotatable bonds is 3. The molecule has 20 heavy (non-hydrogen) atoms. The van der Waals surface area contributed by atoms with Crippen LogP contribution in [0.15, 0.2) is 67.0 Å². The van der Waals surface area contributed by atoms with Crippen molar-refractivity contribution in [2.45, 2.75) is 0 Å². The van der Waals surface area contributed by atoms with E-state index in [0.717, 1.165) is 9.26 Å². The molecule has 0 unspecified atom stereocenters. The molecule has 3 aromatic rings. The topological polar surface area (TPSA) is 37.8 Å². The molecule has 0 aliphatic rings. The molecular weight excluding hydrogens is 361 g/mol. The van der Waals surface area contributed by atoms with Crippen LogP contribution >= 0.6 is 22.6 Å². The minimum Gasteiger partial charge on any atom is -0.324 e. The van der Waals surface area contributed by atoms with Gasteiger partial charge in [-0.1, -0.05) is 42.5 Å². The lowest BCUT2D eigenvalue weighted by molar-refractivity contribution is 1.15. The highest BCUT2D eigenvalue weighted by Crippen LogP contribution is 2.22. The Morgan fingerprint density at radius 1 is 0.750 bits per heavy atom. The fourth-order valence-corrected chi connectivity index (χ4v) is 2.16. The minimum absolute atomic E-state index is 0.609. The summed E-state index contributed by atoms with van der Waals surface area (Å²) >= 11 is 2.19. The highest BCUT2D eigenvalue weighted by Gasteiger charge is 1.99. The van der Waals surface area contributed by atoms with Gasteiger partial charge in [0.05, 0.1) is 0 Å². The van der Waals surface area contributed by atoms with Crippen LogP contribution in [0.4, 0.5) is 11.6 Å². The van der Waals surface area contributed by atoms with Crippen LogP contribution < -0.4 is 5.32 Å². The summed E-state index contributed by atoms with van der Waals surface area (Å²) < 4.78 is 1.02. The highest BCUT2D eigenvalue weighted by atomic mass is 127. The number of hydrogen-bond donors (Lipinski definition) is 1. The van der Waals surface area contributed by atoms with Gasteiger partial charge in [0.1, 0.15) is 0 Å². The summed E-state index contributed by atoms with van der Waals surface area (Å²) in [6.07, 6.45) is 3.57. The Bertz CT molecular complexity index is 679. The molecular formula is C16H12IN3. The summed E-state index contributed by atoms with van der Waals surface area (Å²) in [6, 6.07) is 18.5. The van der Waals surface area contributed by atoms with E-state index in [9.17, 15) is 0 Å². The Kier molecular flexibility index (Phi) is 3.92. The van der Waals surface area contributed by atoms with Crippen LogP contribution in [0.2, 0.25) is 0 Å². The van der Waals surface area contributed by atoms with Gasteiger partial charge in [0.2, 0.25) is 5.95 Å². The Hall–Kier alpha value is -1.95. The van der Waals surface area contributed by atoms with Crippen molar-refractivity contribution in [2.75, 3.05) is 5.32 Å². The Morgan fingerprint density at radius 3 is 2.00 bits per heavy atom. The van der Waals surface area contributed by atoms with Gasteiger partial charge in [0.25, 0.3) is 0 Å². The van der Waals surface area contributed by atoms with Gasteiger partial charge in [-0.2, -0.15) is 0 Å². The zero-order valence-corrected chi connectivity index (χ0v) is 12.8. The first-order chi connectivity index (χ1) is 9.81. The van der Waals surface area contributed by atoms with Crippen LogP contribution in [-0.4, -0.2) is 9.97 Å². The molecule has 0 spiro atoms. The van der Waals surface area contributed by atoms with Crippen molar-refractivity contribution in [2.24, 2.45) is 0 Å². The van der Waals surface area contributed by atoms with Crippen molar-refractivity contribution in [3.05, 3.63) is 70.6 Å². The predicted octanol–water partition coefficient (Wildman–Crippen LogP) is 4.49. The van der Waals surface area contributed by atoms with Crippen molar-refractivity contribution >= 4 is 34.2 Å². The third-order valence-electron chi connectivity index (χ3n) is 2.87. The minimum atomic E-state index is 0.609. The summed E-state index contributed by atoms with van der Waals surface area (Å²) in [4.78, 5) is 8.45. The summed E-state index contributed by atoms with van der Waals surface area (Å²) in [7, 11) is 0. The van der Waals surface area contributed by atoms with E-state index in [2.05, 4.69) is 62.1 Å². The van der Waals surface area contributed by atoms with Gasteiger partial charge in [0, 0.05) is 21.7 Å². The van der Waals surface area contributed by atoms with Crippen molar-refractivity contribution in [1.29, 1.82) is 0 Å². The molecule has 0 radical (unpaired) electrons. The monoisotopic (exact) mass is 373 g/mol. The SMILES string of the molecule is Ic1cnc(Nc2ccc(-c3ccccc3)cc2)nc1. The second-order valence-corrected chi connectivity index (χ2v) is 5.54. The standard InChI is InChI=1S/C16H12IN3/c17-14-10-18-16(19-11-14)20-15-8-6-13(7-9-15)12-4-2-1-3-5-12/h1-11H,(H,18,19,20). The normalized spacial score (nSPS) is 10.2. The van der Waals surface area contributed by atoms with Crippen molar-refractivity contribution in [3.8, 4) is 11.1 Å². The molecule has 1 N–H and O–H groups in total. The zero-order valence-electron chi connectivity index (χ0n) is 10.6. The molecule has 0 atom stereocenters. The molecule has 0 fully saturated rings. The second kappa shape index (κ2) is 6.00. The number of aromatic nitrogens is 2. The average Bonchev–Trinajstić information content (AvgIpc) is 2.51. The van der Waals surface area contributed by atoms with E-state index < -0.39 is 0 Å². The number of hydrogen-bond acceptors (Lipinski definition) is 3. The average molecular weight is 373 g/mol. The largest absolute Gasteiger partial charge is 0.324 e. The van der Waals surface area contributed by atoms with Gasteiger partial charge in [-0.3, -0.25) is 0 Å². The molecule has 0 amide bonds. The van der Waals surface area contributed by atoms with Gasteiger partial charge in [-0.05, 0) is 45.9 Å². The molecule has 1 aromatic heterocycles. The Labute approximate surface area is 131 Å². The van der Waals surface area contributed by atoms with Gasteiger partial charge in [-0.15, -0.1) is 0 Å². The zero-order chi connectivity index (χ0) is 13.8. The third kappa shape index (κ3) is 3.14. The molecule has 0 saturated heterocycles. The van der Waals surface area contributed by atoms with Crippen molar-refractivity contribution < 1.29 is 0 Å². The molecule has 3 rings (SSSR count). The molecule has 0 bridgehead atoms. The summed E-state index contributed by atoms with van der Waals surface area (Å²) in [6.45, 7) is 0. The van der Waals surface area contributed by atoms with E-state index in [1.165, 1.54) is 11.1 Å². The molecule has 0 aliphatic carbocycles. The first-order valence-electron chi connectivity index (χ1n) is 6.21. The fourth-order valence-electron chi connectivity index (χ4n) is 1.88. The molecule has 0 saturated carbocycles. The molecule has 2 aromatic carbocycles. The molecule has 0 aliphatic heterocycles. The Balaban J connectivity index is 1.78. The molecule has 3 nitrogen and oxygen atoms in total. The van der Waals surface area contributed by atoms with Crippen LogP contribution in [0.3, 0.4) is 0 Å². The van der Waals surface area contributed by atoms with Crippen LogP contribution in [0.5, 0.6) is 0 Å². The number of nitrogens with zero attached hydrogens (tertiary/aromatic N) is 2. The highest BCUT2D eigenvalue weighted by molar-refractivity contribution is 14.1.